The Labute approximate surface area is 193 Å². The molecule has 3 heterocycles. The van der Waals surface area contributed by atoms with Crippen molar-refractivity contribution in [2.24, 2.45) is 0 Å². The van der Waals surface area contributed by atoms with Gasteiger partial charge in [-0.1, -0.05) is 35.9 Å². The number of benzene rings is 2. The van der Waals surface area contributed by atoms with E-state index in [0.29, 0.717) is 49.5 Å². The first kappa shape index (κ1) is 21.8. The lowest BCUT2D eigenvalue weighted by Crippen LogP contribution is -2.58. The van der Waals surface area contributed by atoms with Crippen LogP contribution in [0.3, 0.4) is 0 Å². The molecule has 1 atom stereocenters. The van der Waals surface area contributed by atoms with Crippen molar-refractivity contribution in [3.63, 3.8) is 0 Å². The minimum absolute atomic E-state index is 0.0248. The largest absolute Gasteiger partial charge is 0.366 e. The summed E-state index contributed by atoms with van der Waals surface area (Å²) in [6, 6.07) is 13.8. The average Bonchev–Trinajstić information content (AvgIpc) is 2.78. The summed E-state index contributed by atoms with van der Waals surface area (Å²) in [5.41, 5.74) is 4.00. The zero-order valence-electron chi connectivity index (χ0n) is 19.4. The number of carbonyl (C=O) groups excluding carboxylic acids is 1. The van der Waals surface area contributed by atoms with Crippen molar-refractivity contribution in [1.29, 1.82) is 0 Å². The summed E-state index contributed by atoms with van der Waals surface area (Å²) in [5, 5.41) is 0.583. The SMILES string of the molecule is Cc1ccc2c(c1)CN(C(=O)C1CN(Cc3nc4ccccc4c(=O)[nH]3)CCO1)C(C)(C)C2. The quantitative estimate of drug-likeness (QED) is 0.669. The van der Waals surface area contributed by atoms with Gasteiger partial charge in [0.05, 0.1) is 24.1 Å². The van der Waals surface area contributed by atoms with E-state index in [1.54, 1.807) is 6.07 Å². The number of amides is 1. The van der Waals surface area contributed by atoms with Gasteiger partial charge in [0.1, 0.15) is 11.9 Å². The Morgan fingerprint density at radius 1 is 1.21 bits per heavy atom. The Bertz CT molecular complexity index is 1270. The molecule has 1 amide bonds. The fourth-order valence-corrected chi connectivity index (χ4v) is 4.99. The second-order valence-corrected chi connectivity index (χ2v) is 9.81. The monoisotopic (exact) mass is 446 g/mol. The first-order chi connectivity index (χ1) is 15.8. The Hall–Kier alpha value is -3.03. The number of fused-ring (bicyclic) bond motifs is 2. The van der Waals surface area contributed by atoms with Crippen LogP contribution in [0.25, 0.3) is 10.9 Å². The predicted octanol–water partition coefficient (Wildman–Crippen LogP) is 2.80. The molecule has 0 saturated carbocycles. The second kappa shape index (κ2) is 8.39. The number of nitrogens with one attached hydrogen (secondary N) is 1. The van der Waals surface area contributed by atoms with Gasteiger partial charge in [-0.25, -0.2) is 4.98 Å². The number of carbonyl (C=O) groups is 1. The molecule has 1 aromatic heterocycles. The van der Waals surface area contributed by atoms with E-state index < -0.39 is 6.10 Å². The minimum Gasteiger partial charge on any atom is -0.366 e. The normalized spacial score (nSPS) is 20.6. The Morgan fingerprint density at radius 2 is 2.03 bits per heavy atom. The Kier molecular flexibility index (Phi) is 5.54. The van der Waals surface area contributed by atoms with Gasteiger partial charge in [0.25, 0.3) is 11.5 Å². The van der Waals surface area contributed by atoms with Gasteiger partial charge in [0.2, 0.25) is 0 Å². The third kappa shape index (κ3) is 4.30. The van der Waals surface area contributed by atoms with Gasteiger partial charge in [0.15, 0.2) is 0 Å². The van der Waals surface area contributed by atoms with Crippen molar-refractivity contribution in [3.05, 3.63) is 75.3 Å². The smallest absolute Gasteiger partial charge is 0.258 e. The van der Waals surface area contributed by atoms with Crippen molar-refractivity contribution >= 4 is 16.8 Å². The third-order valence-corrected chi connectivity index (χ3v) is 6.77. The second-order valence-electron chi connectivity index (χ2n) is 9.81. The van der Waals surface area contributed by atoms with E-state index in [0.717, 1.165) is 6.42 Å². The molecular weight excluding hydrogens is 416 g/mol. The highest BCUT2D eigenvalue weighted by Gasteiger charge is 2.40. The lowest BCUT2D eigenvalue weighted by molar-refractivity contribution is -0.156. The summed E-state index contributed by atoms with van der Waals surface area (Å²) < 4.78 is 5.93. The van der Waals surface area contributed by atoms with E-state index in [2.05, 4.69) is 53.8 Å². The van der Waals surface area contributed by atoms with Crippen LogP contribution in [0.4, 0.5) is 0 Å². The van der Waals surface area contributed by atoms with Crippen LogP contribution in [-0.2, 0) is 29.0 Å². The summed E-state index contributed by atoms with van der Waals surface area (Å²) in [7, 11) is 0. The van der Waals surface area contributed by atoms with Gasteiger partial charge in [-0.2, -0.15) is 0 Å². The number of aryl methyl sites for hydroxylation is 1. The molecular formula is C26H30N4O3. The molecule has 2 aromatic carbocycles. The molecule has 0 bridgehead atoms. The molecule has 3 aromatic rings. The molecule has 1 fully saturated rings. The Morgan fingerprint density at radius 3 is 2.88 bits per heavy atom. The van der Waals surface area contributed by atoms with Gasteiger partial charge in [-0.05, 0) is 50.5 Å². The van der Waals surface area contributed by atoms with E-state index in [9.17, 15) is 9.59 Å². The van der Waals surface area contributed by atoms with Crippen LogP contribution in [0.2, 0.25) is 0 Å². The highest BCUT2D eigenvalue weighted by Crippen LogP contribution is 2.32. The summed E-state index contributed by atoms with van der Waals surface area (Å²) in [6.07, 6.45) is 0.295. The zero-order chi connectivity index (χ0) is 23.2. The number of hydrogen-bond donors (Lipinski definition) is 1. The van der Waals surface area contributed by atoms with Crippen molar-refractivity contribution < 1.29 is 9.53 Å². The molecule has 2 aliphatic rings. The van der Waals surface area contributed by atoms with Gasteiger partial charge in [-0.15, -0.1) is 0 Å². The molecule has 1 unspecified atom stereocenters. The van der Waals surface area contributed by atoms with E-state index in [1.165, 1.54) is 16.7 Å². The van der Waals surface area contributed by atoms with Crippen LogP contribution in [0.1, 0.15) is 36.4 Å². The molecule has 7 heteroatoms. The summed E-state index contributed by atoms with van der Waals surface area (Å²) in [4.78, 5) is 37.6. The van der Waals surface area contributed by atoms with Gasteiger partial charge in [0, 0.05) is 25.2 Å². The van der Waals surface area contributed by atoms with E-state index in [1.807, 2.05) is 23.1 Å². The van der Waals surface area contributed by atoms with Crippen molar-refractivity contribution in [2.75, 3.05) is 19.7 Å². The van der Waals surface area contributed by atoms with Crippen molar-refractivity contribution in [1.82, 2.24) is 19.8 Å². The number of ether oxygens (including phenoxy) is 1. The Balaban J connectivity index is 1.32. The number of para-hydroxylation sites is 1. The van der Waals surface area contributed by atoms with E-state index >= 15 is 0 Å². The summed E-state index contributed by atoms with van der Waals surface area (Å²) in [6.45, 7) is 9.03. The molecule has 5 rings (SSSR count). The number of aromatic nitrogens is 2. The fraction of sp³-hybridized carbons (Fsp3) is 0.423. The van der Waals surface area contributed by atoms with Crippen molar-refractivity contribution in [3.8, 4) is 0 Å². The molecule has 33 heavy (non-hydrogen) atoms. The number of rotatable bonds is 3. The van der Waals surface area contributed by atoms with Crippen LogP contribution in [0.15, 0.2) is 47.3 Å². The molecule has 172 valence electrons. The minimum atomic E-state index is -0.531. The zero-order valence-corrected chi connectivity index (χ0v) is 19.4. The number of H-pyrrole nitrogens is 1. The van der Waals surface area contributed by atoms with Crippen LogP contribution in [-0.4, -0.2) is 57.0 Å². The lowest BCUT2D eigenvalue weighted by atomic mass is 9.84. The lowest BCUT2D eigenvalue weighted by Gasteiger charge is -2.45. The standard InChI is InChI=1S/C26H30N4O3/c1-17-8-9-18-13-26(2,3)30(14-19(18)12-17)25(32)22-15-29(10-11-33-22)16-23-27-21-7-5-4-6-20(21)24(31)28-23/h4-9,12,22H,10-11,13-16H2,1-3H3,(H,27,28,31). The number of aromatic amines is 1. The van der Waals surface area contributed by atoms with Crippen LogP contribution in [0.5, 0.6) is 0 Å². The predicted molar refractivity (Wildman–Crippen MR) is 127 cm³/mol. The molecule has 0 spiro atoms. The van der Waals surface area contributed by atoms with Gasteiger partial charge < -0.3 is 14.6 Å². The van der Waals surface area contributed by atoms with Crippen LogP contribution < -0.4 is 5.56 Å². The third-order valence-electron chi connectivity index (χ3n) is 6.77. The molecule has 7 nitrogen and oxygen atoms in total. The summed E-state index contributed by atoms with van der Waals surface area (Å²) in [5.74, 6) is 0.631. The first-order valence-corrected chi connectivity index (χ1v) is 11.5. The highest BCUT2D eigenvalue weighted by atomic mass is 16.5. The molecule has 1 saturated heterocycles. The van der Waals surface area contributed by atoms with E-state index in [4.69, 9.17) is 4.74 Å². The molecule has 1 N–H and O–H groups in total. The molecule has 2 aliphatic heterocycles. The van der Waals surface area contributed by atoms with Crippen molar-refractivity contribution in [2.45, 2.75) is 51.9 Å². The van der Waals surface area contributed by atoms with Gasteiger partial charge in [-0.3, -0.25) is 14.5 Å². The fourth-order valence-electron chi connectivity index (χ4n) is 4.99. The molecule has 0 aliphatic carbocycles. The topological polar surface area (TPSA) is 78.5 Å². The van der Waals surface area contributed by atoms with Crippen LogP contribution in [0, 0.1) is 6.92 Å². The van der Waals surface area contributed by atoms with Gasteiger partial charge >= 0.3 is 0 Å². The maximum absolute atomic E-state index is 13.6. The first-order valence-electron chi connectivity index (χ1n) is 11.5. The molecule has 0 radical (unpaired) electrons. The number of nitrogens with zero attached hydrogens (tertiary/aromatic N) is 3. The number of hydrogen-bond acceptors (Lipinski definition) is 5. The summed E-state index contributed by atoms with van der Waals surface area (Å²) >= 11 is 0. The number of morpholine rings is 1. The average molecular weight is 447 g/mol. The maximum atomic E-state index is 13.6. The van der Waals surface area contributed by atoms with Crippen LogP contribution >= 0.6 is 0 Å². The highest BCUT2D eigenvalue weighted by molar-refractivity contribution is 5.82. The van der Waals surface area contributed by atoms with E-state index in [-0.39, 0.29) is 17.0 Å². The maximum Gasteiger partial charge on any atom is 0.258 e.